The van der Waals surface area contributed by atoms with Gasteiger partial charge in [-0.2, -0.15) is 0 Å². The Kier molecular flexibility index (Phi) is 4.45. The summed E-state index contributed by atoms with van der Waals surface area (Å²) in [7, 11) is -3.89. The molecule has 0 aromatic heterocycles. The molecule has 1 aromatic carbocycles. The van der Waals surface area contributed by atoms with E-state index in [1.807, 2.05) is 0 Å². The third-order valence-corrected chi connectivity index (χ3v) is 5.01. The second-order valence-corrected chi connectivity index (χ2v) is 8.09. The average Bonchev–Trinajstić information content (AvgIpc) is 2.81. The fourth-order valence-electron chi connectivity index (χ4n) is 2.41. The molecule has 0 spiro atoms. The first kappa shape index (κ1) is 17.4. The van der Waals surface area contributed by atoms with Crippen molar-refractivity contribution in [1.29, 1.82) is 0 Å². The van der Waals surface area contributed by atoms with Crippen molar-refractivity contribution in [3.63, 3.8) is 0 Å². The number of sulfonamides is 1. The molecule has 1 amide bonds. The molecular weight excluding hydrogens is 322 g/mol. The lowest BCUT2D eigenvalue weighted by atomic mass is 10.1. The number of amides is 1. The minimum Gasteiger partial charge on any atom is -0.306 e. The highest BCUT2D eigenvalue weighted by atomic mass is 32.2. The molecule has 1 N–H and O–H groups in total. The molecule has 0 bridgehead atoms. The Morgan fingerprint density at radius 1 is 1.30 bits per heavy atom. The van der Waals surface area contributed by atoms with Crippen molar-refractivity contribution in [2.75, 3.05) is 11.4 Å². The van der Waals surface area contributed by atoms with E-state index in [4.69, 9.17) is 0 Å². The van der Waals surface area contributed by atoms with Gasteiger partial charge in [0.1, 0.15) is 5.69 Å². The Bertz CT molecular complexity index is 752. The van der Waals surface area contributed by atoms with Crippen LogP contribution in [0.1, 0.15) is 33.6 Å². The first-order valence-corrected chi connectivity index (χ1v) is 8.62. The van der Waals surface area contributed by atoms with Gasteiger partial charge >= 0.3 is 0 Å². The highest BCUT2D eigenvalue weighted by molar-refractivity contribution is 7.89. The maximum absolute atomic E-state index is 12.3. The maximum Gasteiger partial charge on any atom is 0.294 e. The first-order valence-electron chi connectivity index (χ1n) is 7.14. The van der Waals surface area contributed by atoms with Crippen LogP contribution in [0.5, 0.6) is 0 Å². The highest BCUT2D eigenvalue weighted by Crippen LogP contribution is 2.33. The Balaban J connectivity index is 2.48. The zero-order valence-electron chi connectivity index (χ0n) is 13.2. The molecule has 0 atom stereocenters. The second-order valence-electron chi connectivity index (χ2n) is 6.41. The molecule has 126 valence electrons. The van der Waals surface area contributed by atoms with Crippen molar-refractivity contribution in [3.8, 4) is 0 Å². The number of nitro benzene ring substituents is 1. The molecule has 8 nitrogen and oxygen atoms in total. The van der Waals surface area contributed by atoms with Crippen LogP contribution in [0.2, 0.25) is 0 Å². The minimum absolute atomic E-state index is 0.132. The lowest BCUT2D eigenvalue weighted by Crippen LogP contribution is -2.40. The van der Waals surface area contributed by atoms with Crippen LogP contribution in [0.15, 0.2) is 23.1 Å². The molecule has 23 heavy (non-hydrogen) atoms. The van der Waals surface area contributed by atoms with E-state index in [1.165, 1.54) is 17.0 Å². The maximum atomic E-state index is 12.3. The lowest BCUT2D eigenvalue weighted by Gasteiger charge is -2.21. The number of benzene rings is 1. The van der Waals surface area contributed by atoms with E-state index in [9.17, 15) is 23.3 Å². The summed E-state index contributed by atoms with van der Waals surface area (Å²) in [5.41, 5.74) is -0.971. The number of rotatable bonds is 4. The molecule has 0 saturated carbocycles. The molecule has 1 aliphatic rings. The van der Waals surface area contributed by atoms with Gasteiger partial charge in [0.15, 0.2) is 0 Å². The van der Waals surface area contributed by atoms with Crippen LogP contribution in [0.25, 0.3) is 0 Å². The average molecular weight is 341 g/mol. The van der Waals surface area contributed by atoms with E-state index in [0.29, 0.717) is 19.4 Å². The van der Waals surface area contributed by atoms with Gasteiger partial charge in [-0.05, 0) is 39.3 Å². The van der Waals surface area contributed by atoms with E-state index >= 15 is 0 Å². The monoisotopic (exact) mass is 341 g/mol. The van der Waals surface area contributed by atoms with E-state index in [-0.39, 0.29) is 16.5 Å². The summed E-state index contributed by atoms with van der Waals surface area (Å²) in [6.45, 7) is 5.43. The van der Waals surface area contributed by atoms with Crippen LogP contribution < -0.4 is 9.62 Å². The van der Waals surface area contributed by atoms with Gasteiger partial charge in [0.25, 0.3) is 5.69 Å². The van der Waals surface area contributed by atoms with Gasteiger partial charge in [-0.15, -0.1) is 0 Å². The molecule has 0 aliphatic carbocycles. The van der Waals surface area contributed by atoms with Crippen LogP contribution >= 0.6 is 0 Å². The summed E-state index contributed by atoms with van der Waals surface area (Å²) in [5, 5.41) is 11.3. The minimum atomic E-state index is -3.89. The molecule has 1 saturated heterocycles. The molecule has 1 fully saturated rings. The van der Waals surface area contributed by atoms with Crippen LogP contribution in [0.3, 0.4) is 0 Å². The molecule has 0 unspecified atom stereocenters. The molecule has 9 heteroatoms. The second kappa shape index (κ2) is 5.89. The van der Waals surface area contributed by atoms with Gasteiger partial charge < -0.3 is 4.90 Å². The van der Waals surface area contributed by atoms with Crippen LogP contribution in [-0.4, -0.2) is 31.3 Å². The van der Waals surface area contributed by atoms with Crippen molar-refractivity contribution in [1.82, 2.24) is 4.72 Å². The standard InChI is InChI=1S/C14H19N3O5S/c1-14(2,3)15-23(21,22)10-6-7-11(12(9-10)17(19)20)16-8-4-5-13(16)18/h6-7,9,15H,4-5,8H2,1-3H3. The zero-order chi connectivity index (χ0) is 17.4. The van der Waals surface area contributed by atoms with Crippen LogP contribution in [0.4, 0.5) is 11.4 Å². The summed E-state index contributed by atoms with van der Waals surface area (Å²) in [6.07, 6.45) is 0.963. The Hall–Kier alpha value is -2.00. The number of nitrogens with one attached hydrogen (secondary N) is 1. The third-order valence-electron chi connectivity index (χ3n) is 3.26. The zero-order valence-corrected chi connectivity index (χ0v) is 14.0. The van der Waals surface area contributed by atoms with Gasteiger partial charge in [0.05, 0.1) is 9.82 Å². The van der Waals surface area contributed by atoms with Crippen molar-refractivity contribution in [3.05, 3.63) is 28.3 Å². The fraction of sp³-hybridized carbons (Fsp3) is 0.500. The molecule has 1 heterocycles. The highest BCUT2D eigenvalue weighted by Gasteiger charge is 2.30. The Labute approximate surface area is 134 Å². The molecule has 2 rings (SSSR count). The number of anilines is 1. The number of hydrogen-bond donors (Lipinski definition) is 1. The van der Waals surface area contributed by atoms with Crippen molar-refractivity contribution in [2.24, 2.45) is 0 Å². The predicted octanol–water partition coefficient (Wildman–Crippen LogP) is 1.80. The number of nitrogens with zero attached hydrogens (tertiary/aromatic N) is 2. The Morgan fingerprint density at radius 3 is 2.43 bits per heavy atom. The van der Waals surface area contributed by atoms with Gasteiger partial charge in [0.2, 0.25) is 15.9 Å². The third kappa shape index (κ3) is 3.85. The molecule has 0 radical (unpaired) electrons. The van der Waals surface area contributed by atoms with Gasteiger partial charge in [-0.1, -0.05) is 0 Å². The van der Waals surface area contributed by atoms with Crippen LogP contribution in [-0.2, 0) is 14.8 Å². The number of carbonyl (C=O) groups is 1. The molecular formula is C14H19N3O5S. The van der Waals surface area contributed by atoms with E-state index in [1.54, 1.807) is 20.8 Å². The van der Waals surface area contributed by atoms with Crippen molar-refractivity contribution in [2.45, 2.75) is 44.0 Å². The van der Waals surface area contributed by atoms with Crippen LogP contribution in [0, 0.1) is 10.1 Å². The summed E-state index contributed by atoms with van der Waals surface area (Å²) < 4.78 is 27.1. The summed E-state index contributed by atoms with van der Waals surface area (Å²) >= 11 is 0. The number of hydrogen-bond acceptors (Lipinski definition) is 5. The van der Waals surface area contributed by atoms with Gasteiger partial charge in [-0.25, -0.2) is 13.1 Å². The molecule has 1 aromatic rings. The topological polar surface area (TPSA) is 110 Å². The lowest BCUT2D eigenvalue weighted by molar-refractivity contribution is -0.384. The number of carbonyl (C=O) groups excluding carboxylic acids is 1. The van der Waals surface area contributed by atoms with E-state index in [0.717, 1.165) is 6.07 Å². The van der Waals surface area contributed by atoms with E-state index in [2.05, 4.69) is 4.72 Å². The summed E-state index contributed by atoms with van der Waals surface area (Å²) in [6, 6.07) is 3.59. The predicted molar refractivity (Wildman–Crippen MR) is 84.8 cm³/mol. The quantitative estimate of drug-likeness (QED) is 0.663. The number of nitro groups is 1. The summed E-state index contributed by atoms with van der Waals surface area (Å²) in [5.74, 6) is -0.198. The largest absolute Gasteiger partial charge is 0.306 e. The van der Waals surface area contributed by atoms with Crippen molar-refractivity contribution >= 4 is 27.3 Å². The molecule has 1 aliphatic heterocycles. The van der Waals surface area contributed by atoms with Crippen molar-refractivity contribution < 1.29 is 18.1 Å². The summed E-state index contributed by atoms with van der Waals surface area (Å²) in [4.78, 5) is 23.5. The first-order chi connectivity index (χ1) is 10.5. The van der Waals surface area contributed by atoms with E-state index < -0.39 is 26.2 Å². The normalized spacial score (nSPS) is 16.0. The Morgan fingerprint density at radius 2 is 1.96 bits per heavy atom. The SMILES string of the molecule is CC(C)(C)NS(=O)(=O)c1ccc(N2CCCC2=O)c([N+](=O)[O-])c1. The van der Waals surface area contributed by atoms with Gasteiger partial charge in [-0.3, -0.25) is 14.9 Å². The smallest absolute Gasteiger partial charge is 0.294 e. The van der Waals surface area contributed by atoms with Gasteiger partial charge in [0, 0.05) is 24.6 Å². The fourth-order valence-corrected chi connectivity index (χ4v) is 3.85.